The topological polar surface area (TPSA) is 38.3 Å². The van der Waals surface area contributed by atoms with Gasteiger partial charge in [0.15, 0.2) is 0 Å². The second-order valence-electron chi connectivity index (χ2n) is 3.85. The quantitative estimate of drug-likeness (QED) is 0.757. The lowest BCUT2D eigenvalue weighted by molar-refractivity contribution is -0.120. The van der Waals surface area contributed by atoms with Gasteiger partial charge < -0.3 is 10.1 Å². The van der Waals surface area contributed by atoms with E-state index >= 15 is 0 Å². The van der Waals surface area contributed by atoms with E-state index in [4.69, 9.17) is 16.3 Å². The Morgan fingerprint density at radius 2 is 2.12 bits per heavy atom. The van der Waals surface area contributed by atoms with Crippen LogP contribution >= 0.6 is 11.6 Å². The number of carbonyl (C=O) groups is 1. The molecule has 1 aromatic carbocycles. The molecule has 0 fully saturated rings. The number of hydrogen-bond donors (Lipinski definition) is 1. The summed E-state index contributed by atoms with van der Waals surface area (Å²) >= 11 is 5.95. The van der Waals surface area contributed by atoms with Gasteiger partial charge in [-0.2, -0.15) is 0 Å². The van der Waals surface area contributed by atoms with Gasteiger partial charge in [0, 0.05) is 13.7 Å². The zero-order valence-electron chi connectivity index (χ0n) is 9.99. The van der Waals surface area contributed by atoms with Crippen LogP contribution in [0.2, 0.25) is 0 Å². The minimum absolute atomic E-state index is 0.0254. The van der Waals surface area contributed by atoms with E-state index < -0.39 is 0 Å². The highest BCUT2D eigenvalue weighted by atomic mass is 35.5. The molecule has 0 aromatic heterocycles. The minimum Gasteiger partial charge on any atom is -0.383 e. The fourth-order valence-electron chi connectivity index (χ4n) is 1.48. The molecule has 0 aliphatic rings. The van der Waals surface area contributed by atoms with Gasteiger partial charge in [0.2, 0.25) is 5.91 Å². The number of hydrogen-bond acceptors (Lipinski definition) is 2. The molecule has 1 unspecified atom stereocenters. The highest BCUT2D eigenvalue weighted by Gasteiger charge is 2.06. The van der Waals surface area contributed by atoms with Gasteiger partial charge in [0.05, 0.1) is 18.4 Å². The van der Waals surface area contributed by atoms with Gasteiger partial charge in [-0.1, -0.05) is 30.3 Å². The molecular weight excluding hydrogens is 238 g/mol. The van der Waals surface area contributed by atoms with E-state index in [1.807, 2.05) is 30.3 Å². The molecule has 0 saturated carbocycles. The van der Waals surface area contributed by atoms with E-state index in [1.54, 1.807) is 7.11 Å². The van der Waals surface area contributed by atoms with Crippen LogP contribution in [0.1, 0.15) is 12.0 Å². The highest BCUT2D eigenvalue weighted by Crippen LogP contribution is 2.02. The van der Waals surface area contributed by atoms with E-state index in [9.17, 15) is 4.79 Å². The number of rotatable bonds is 7. The molecule has 1 atom stereocenters. The second kappa shape index (κ2) is 8.09. The van der Waals surface area contributed by atoms with Crippen molar-refractivity contribution in [3.05, 3.63) is 35.9 Å². The lowest BCUT2D eigenvalue weighted by Crippen LogP contribution is -2.28. The predicted octanol–water partition coefficient (Wildman–Crippen LogP) is 1.99. The third-order valence-corrected chi connectivity index (χ3v) is 2.68. The molecule has 0 bridgehead atoms. The zero-order chi connectivity index (χ0) is 12.5. The number of ether oxygens (including phenoxy) is 1. The molecule has 3 nitrogen and oxygen atoms in total. The number of alkyl halides is 1. The van der Waals surface area contributed by atoms with Gasteiger partial charge in [0.1, 0.15) is 0 Å². The number of amides is 1. The van der Waals surface area contributed by atoms with Crippen molar-refractivity contribution in [3.8, 4) is 0 Å². The summed E-state index contributed by atoms with van der Waals surface area (Å²) in [4.78, 5) is 11.6. The Morgan fingerprint density at radius 1 is 1.41 bits per heavy atom. The van der Waals surface area contributed by atoms with Crippen molar-refractivity contribution in [2.24, 2.45) is 0 Å². The summed E-state index contributed by atoms with van der Waals surface area (Å²) in [5.74, 6) is 0.0254. The molecule has 1 aromatic rings. The minimum atomic E-state index is -0.0444. The predicted molar refractivity (Wildman–Crippen MR) is 69.3 cm³/mol. The summed E-state index contributed by atoms with van der Waals surface area (Å²) in [6.45, 7) is 1.10. The molecule has 1 N–H and O–H groups in total. The van der Waals surface area contributed by atoms with E-state index in [-0.39, 0.29) is 11.3 Å². The molecule has 0 saturated heterocycles. The van der Waals surface area contributed by atoms with Crippen molar-refractivity contribution in [1.29, 1.82) is 0 Å². The smallest absolute Gasteiger partial charge is 0.224 e. The Bertz CT molecular complexity index is 329. The van der Waals surface area contributed by atoms with Crippen LogP contribution in [-0.4, -0.2) is 31.5 Å². The van der Waals surface area contributed by atoms with Crippen LogP contribution in [0.15, 0.2) is 30.3 Å². The third-order valence-electron chi connectivity index (χ3n) is 2.33. The fourth-order valence-corrected chi connectivity index (χ4v) is 1.71. The van der Waals surface area contributed by atoms with Gasteiger partial charge >= 0.3 is 0 Å². The number of halogens is 1. The molecule has 1 amide bonds. The van der Waals surface area contributed by atoms with Crippen LogP contribution in [0.25, 0.3) is 0 Å². The third kappa shape index (κ3) is 6.29. The Kier molecular flexibility index (Phi) is 6.67. The molecule has 0 spiro atoms. The van der Waals surface area contributed by atoms with E-state index in [0.29, 0.717) is 19.6 Å². The number of benzene rings is 1. The molecule has 94 valence electrons. The van der Waals surface area contributed by atoms with Crippen molar-refractivity contribution in [1.82, 2.24) is 5.32 Å². The number of carbonyl (C=O) groups excluding carboxylic acids is 1. The molecule has 0 aliphatic carbocycles. The van der Waals surface area contributed by atoms with E-state index in [1.165, 1.54) is 0 Å². The van der Waals surface area contributed by atoms with Crippen molar-refractivity contribution >= 4 is 17.5 Å². The molecule has 0 aliphatic heterocycles. The monoisotopic (exact) mass is 255 g/mol. The van der Waals surface area contributed by atoms with Crippen molar-refractivity contribution < 1.29 is 9.53 Å². The van der Waals surface area contributed by atoms with Gasteiger partial charge in [-0.05, 0) is 12.0 Å². The standard InChI is InChI=1S/C13H18ClNO2/c1-17-10-12(14)7-8-15-13(16)9-11-5-3-2-4-6-11/h2-6,12H,7-10H2,1H3,(H,15,16). The van der Waals surface area contributed by atoms with Crippen LogP contribution in [0.5, 0.6) is 0 Å². The van der Waals surface area contributed by atoms with Gasteiger partial charge in [-0.3, -0.25) is 4.79 Å². The molecular formula is C13H18ClNO2. The van der Waals surface area contributed by atoms with Crippen LogP contribution in [0.3, 0.4) is 0 Å². The summed E-state index contributed by atoms with van der Waals surface area (Å²) in [6, 6.07) is 9.67. The SMILES string of the molecule is COCC(Cl)CCNC(=O)Cc1ccccc1. The first-order valence-corrected chi connectivity index (χ1v) is 6.09. The first kappa shape index (κ1) is 14.0. The Labute approximate surface area is 107 Å². The van der Waals surface area contributed by atoms with E-state index in [0.717, 1.165) is 12.0 Å². The molecule has 0 radical (unpaired) electrons. The van der Waals surface area contributed by atoms with Crippen LogP contribution < -0.4 is 5.32 Å². The van der Waals surface area contributed by atoms with Gasteiger partial charge in [-0.25, -0.2) is 0 Å². The maximum atomic E-state index is 11.6. The Balaban J connectivity index is 2.18. The Morgan fingerprint density at radius 3 is 2.76 bits per heavy atom. The summed E-state index contributed by atoms with van der Waals surface area (Å²) in [6.07, 6.45) is 1.13. The number of methoxy groups -OCH3 is 1. The zero-order valence-corrected chi connectivity index (χ0v) is 10.7. The summed E-state index contributed by atoms with van der Waals surface area (Å²) < 4.78 is 4.91. The molecule has 4 heteroatoms. The maximum Gasteiger partial charge on any atom is 0.224 e. The van der Waals surface area contributed by atoms with Gasteiger partial charge in [0.25, 0.3) is 0 Å². The van der Waals surface area contributed by atoms with E-state index in [2.05, 4.69) is 5.32 Å². The van der Waals surface area contributed by atoms with Gasteiger partial charge in [-0.15, -0.1) is 11.6 Å². The normalized spacial score (nSPS) is 12.1. The van der Waals surface area contributed by atoms with Crippen molar-refractivity contribution in [3.63, 3.8) is 0 Å². The highest BCUT2D eigenvalue weighted by molar-refractivity contribution is 6.20. The summed E-state index contributed by atoms with van der Waals surface area (Å²) in [5.41, 5.74) is 1.02. The number of nitrogens with one attached hydrogen (secondary N) is 1. The van der Waals surface area contributed by atoms with Crippen molar-refractivity contribution in [2.75, 3.05) is 20.3 Å². The average molecular weight is 256 g/mol. The average Bonchev–Trinajstić information content (AvgIpc) is 2.30. The summed E-state index contributed by atoms with van der Waals surface area (Å²) in [7, 11) is 1.61. The Hall–Kier alpha value is -1.06. The van der Waals surface area contributed by atoms with Crippen LogP contribution in [-0.2, 0) is 16.0 Å². The summed E-state index contributed by atoms with van der Waals surface area (Å²) in [5, 5.41) is 2.80. The van der Waals surface area contributed by atoms with Crippen molar-refractivity contribution in [2.45, 2.75) is 18.2 Å². The maximum absolute atomic E-state index is 11.6. The first-order chi connectivity index (χ1) is 8.22. The molecule has 1 rings (SSSR count). The first-order valence-electron chi connectivity index (χ1n) is 5.66. The van der Waals surface area contributed by atoms with Crippen LogP contribution in [0, 0.1) is 0 Å². The fraction of sp³-hybridized carbons (Fsp3) is 0.462. The molecule has 17 heavy (non-hydrogen) atoms. The second-order valence-corrected chi connectivity index (χ2v) is 4.47. The largest absolute Gasteiger partial charge is 0.383 e. The lowest BCUT2D eigenvalue weighted by Gasteiger charge is -2.09. The molecule has 0 heterocycles. The lowest BCUT2D eigenvalue weighted by atomic mass is 10.1. The van der Waals surface area contributed by atoms with Crippen LogP contribution in [0.4, 0.5) is 0 Å².